The number of aromatic nitrogens is 2. The van der Waals surface area contributed by atoms with Crippen LogP contribution in [0.1, 0.15) is 30.1 Å². The number of ether oxygens (including phenoxy) is 2. The second kappa shape index (κ2) is 11.6. The number of amides is 1. The summed E-state index contributed by atoms with van der Waals surface area (Å²) < 4.78 is 58.8. The highest BCUT2D eigenvalue weighted by atomic mass is 32.3. The average Bonchev–Trinajstić information content (AvgIpc) is 3.13. The monoisotopic (exact) mass is 597 g/mol. The smallest absolute Gasteiger partial charge is 0.387 e. The van der Waals surface area contributed by atoms with Gasteiger partial charge in [0.05, 0.1) is 16.7 Å². The van der Waals surface area contributed by atoms with Crippen molar-refractivity contribution in [2.45, 2.75) is 64.3 Å². The van der Waals surface area contributed by atoms with Crippen molar-refractivity contribution in [3.05, 3.63) is 58.5 Å². The van der Waals surface area contributed by atoms with Gasteiger partial charge in [-0.3, -0.25) is 23.0 Å². The molecule has 40 heavy (non-hydrogen) atoms. The van der Waals surface area contributed by atoms with Crippen LogP contribution in [0.5, 0.6) is 5.75 Å². The second-order valence-corrected chi connectivity index (χ2v) is 19.7. The Kier molecular flexibility index (Phi) is 8.81. The molecule has 0 aliphatic carbocycles. The molecule has 0 bridgehead atoms. The van der Waals surface area contributed by atoms with Gasteiger partial charge in [-0.05, 0) is 56.1 Å². The van der Waals surface area contributed by atoms with Crippen molar-refractivity contribution in [1.29, 1.82) is 0 Å². The van der Waals surface area contributed by atoms with Gasteiger partial charge >= 0.3 is 12.3 Å². The van der Waals surface area contributed by atoms with E-state index in [0.717, 1.165) is 6.04 Å². The maximum absolute atomic E-state index is 13.6. The van der Waals surface area contributed by atoms with Crippen LogP contribution in [0.3, 0.4) is 0 Å². The molecule has 1 aromatic heterocycles. The van der Waals surface area contributed by atoms with E-state index < -0.39 is 36.5 Å². The Morgan fingerprint density at radius 3 is 2.48 bits per heavy atom. The van der Waals surface area contributed by atoms with E-state index in [0.29, 0.717) is 41.7 Å². The number of carbonyl (C=O) groups is 1. The largest absolute Gasteiger partial charge is 0.435 e. The second-order valence-electron chi connectivity index (χ2n) is 11.7. The van der Waals surface area contributed by atoms with Gasteiger partial charge in [-0.1, -0.05) is 25.7 Å². The van der Waals surface area contributed by atoms with Crippen LogP contribution in [0.25, 0.3) is 16.7 Å². The van der Waals surface area contributed by atoms with Crippen molar-refractivity contribution in [1.82, 2.24) is 14.5 Å². The van der Waals surface area contributed by atoms with Gasteiger partial charge in [0.15, 0.2) is 0 Å². The molecule has 1 aliphatic heterocycles. The molecule has 0 radical (unpaired) electrons. The first-order valence-corrected chi connectivity index (χ1v) is 18.7. The van der Waals surface area contributed by atoms with E-state index in [1.165, 1.54) is 27.3 Å². The zero-order valence-electron chi connectivity index (χ0n) is 23.2. The topological polar surface area (TPSA) is 115 Å². The molecule has 1 fully saturated rings. The van der Waals surface area contributed by atoms with E-state index in [1.54, 1.807) is 24.3 Å². The van der Waals surface area contributed by atoms with Crippen LogP contribution in [-0.4, -0.2) is 62.5 Å². The van der Waals surface area contributed by atoms with E-state index in [9.17, 15) is 27.5 Å². The lowest BCUT2D eigenvalue weighted by molar-refractivity contribution is -0.0498. The number of halogens is 2. The summed E-state index contributed by atoms with van der Waals surface area (Å²) in [5, 5.41) is 3.02. The summed E-state index contributed by atoms with van der Waals surface area (Å²) in [5.74, 6) is 0.0318. The highest BCUT2D eigenvalue weighted by molar-refractivity contribution is 8.24. The molecule has 3 aromatic rings. The van der Waals surface area contributed by atoms with Gasteiger partial charge in [0.1, 0.15) is 12.5 Å². The number of benzene rings is 2. The lowest BCUT2D eigenvalue weighted by atomic mass is 9.94. The van der Waals surface area contributed by atoms with Crippen LogP contribution in [0.2, 0.25) is 25.7 Å². The number of carbonyl (C=O) groups excluding carboxylic acids is 1. The van der Waals surface area contributed by atoms with Crippen molar-refractivity contribution >= 4 is 35.6 Å². The summed E-state index contributed by atoms with van der Waals surface area (Å²) in [4.78, 5) is 26.9. The molecule has 13 heteroatoms. The fourth-order valence-electron chi connectivity index (χ4n) is 4.58. The number of imidazole rings is 1. The van der Waals surface area contributed by atoms with Crippen molar-refractivity contribution in [2.75, 3.05) is 18.1 Å². The molecule has 1 amide bonds. The first-order valence-electron chi connectivity index (χ1n) is 13.1. The van der Waals surface area contributed by atoms with E-state index >= 15 is 0 Å². The van der Waals surface area contributed by atoms with Crippen LogP contribution in [0, 0.1) is 0 Å². The van der Waals surface area contributed by atoms with E-state index in [1.807, 2.05) is 6.92 Å². The van der Waals surface area contributed by atoms with Crippen molar-refractivity contribution in [3.63, 3.8) is 0 Å². The van der Waals surface area contributed by atoms with Crippen LogP contribution in [0.15, 0.2) is 47.3 Å². The predicted octanol–water partition coefficient (Wildman–Crippen LogP) is 5.74. The summed E-state index contributed by atoms with van der Waals surface area (Å²) in [6.45, 7) is 5.98. The summed E-state index contributed by atoms with van der Waals surface area (Å²) in [6, 6.07) is 11.6. The van der Waals surface area contributed by atoms with Crippen molar-refractivity contribution < 1.29 is 32.2 Å². The van der Waals surface area contributed by atoms with Gasteiger partial charge in [-0.25, -0.2) is 4.79 Å². The van der Waals surface area contributed by atoms with Gasteiger partial charge in [0.2, 0.25) is 0 Å². The molecule has 1 aliphatic rings. The fourth-order valence-corrected chi connectivity index (χ4v) is 7.10. The summed E-state index contributed by atoms with van der Waals surface area (Å²) >= 11 is 0. The zero-order valence-corrected chi connectivity index (χ0v) is 25.0. The van der Waals surface area contributed by atoms with Crippen molar-refractivity contribution in [2.24, 2.45) is 0 Å². The molecule has 220 valence electrons. The molecule has 0 spiro atoms. The number of nitrogens with zero attached hydrogens (tertiary/aromatic N) is 2. The maximum Gasteiger partial charge on any atom is 0.387 e. The zero-order chi connectivity index (χ0) is 29.3. The molecular weight excluding hydrogens is 560 g/mol. The maximum atomic E-state index is 13.6. The standard InChI is InChI=1S/C27H37F2N3O6SSi/c1-27(10-13-39(35,36)14-11-27)30-24(33)19-8-9-22-23(16-19)31(18-37-12-15-40(2,3)4)26(34)32(22)20-6-5-7-21(17-20)38-25(28)29/h5-9,16-17,25,35-36H,10-15,18H2,1-4H3,(H,30,33). The molecule has 2 aromatic carbocycles. The Morgan fingerprint density at radius 1 is 1.12 bits per heavy atom. The molecular formula is C27H37F2N3O6SSi. The number of hydrogen-bond acceptors (Lipinski definition) is 6. The molecule has 0 saturated carbocycles. The van der Waals surface area contributed by atoms with E-state index in [4.69, 9.17) is 4.74 Å². The van der Waals surface area contributed by atoms with Crippen molar-refractivity contribution in [3.8, 4) is 11.4 Å². The number of rotatable bonds is 10. The molecule has 0 atom stereocenters. The number of fused-ring (bicyclic) bond motifs is 1. The molecule has 9 nitrogen and oxygen atoms in total. The van der Waals surface area contributed by atoms with Crippen LogP contribution in [-0.2, 0) is 11.5 Å². The minimum Gasteiger partial charge on any atom is -0.435 e. The summed E-state index contributed by atoms with van der Waals surface area (Å²) in [6.07, 6.45) is 0.874. The predicted molar refractivity (Wildman–Crippen MR) is 156 cm³/mol. The lowest BCUT2D eigenvalue weighted by Gasteiger charge is -2.44. The average molecular weight is 598 g/mol. The van der Waals surface area contributed by atoms with Crippen LogP contribution >= 0.6 is 10.6 Å². The van der Waals surface area contributed by atoms with Crippen LogP contribution < -0.4 is 15.7 Å². The quantitative estimate of drug-likeness (QED) is 0.203. The Bertz CT molecular complexity index is 1430. The van der Waals surface area contributed by atoms with E-state index in [-0.39, 0.29) is 29.9 Å². The van der Waals surface area contributed by atoms with Crippen LogP contribution in [0.4, 0.5) is 8.78 Å². The molecule has 3 N–H and O–H groups in total. The minimum atomic E-state index is -3.01. The Balaban J connectivity index is 1.69. The third-order valence-electron chi connectivity index (χ3n) is 7.09. The first-order chi connectivity index (χ1) is 18.7. The Hall–Kier alpha value is -2.71. The van der Waals surface area contributed by atoms with E-state index in [2.05, 4.69) is 29.7 Å². The molecule has 1 saturated heterocycles. The Morgan fingerprint density at radius 2 is 1.82 bits per heavy atom. The number of hydrogen-bond donors (Lipinski definition) is 3. The molecule has 0 unspecified atom stereocenters. The normalized spacial score (nSPS) is 17.6. The highest BCUT2D eigenvalue weighted by Crippen LogP contribution is 2.46. The molecule has 4 rings (SSSR count). The Labute approximate surface area is 234 Å². The summed E-state index contributed by atoms with van der Waals surface area (Å²) in [5.41, 5.74) is 0.550. The third-order valence-corrected chi connectivity index (χ3v) is 10.5. The molecule has 2 heterocycles. The van der Waals surface area contributed by atoms with Gasteiger partial charge < -0.3 is 14.8 Å². The SMILES string of the molecule is CC1(NC(=O)c2ccc3c(c2)n(COCC[Si](C)(C)C)c(=O)n3-c2cccc(OC(F)F)c2)CCS(O)(O)CC1. The first kappa shape index (κ1) is 30.3. The lowest BCUT2D eigenvalue weighted by Crippen LogP contribution is -2.50. The number of alkyl halides is 2. The van der Waals surface area contributed by atoms with Gasteiger partial charge in [0.25, 0.3) is 5.91 Å². The number of nitrogens with one attached hydrogen (secondary N) is 1. The highest BCUT2D eigenvalue weighted by Gasteiger charge is 2.35. The third kappa shape index (κ3) is 7.32. The minimum absolute atomic E-state index is 0.0410. The van der Waals surface area contributed by atoms with Gasteiger partial charge in [-0.15, -0.1) is 0 Å². The van der Waals surface area contributed by atoms with Gasteiger partial charge in [0, 0.05) is 43.4 Å². The summed E-state index contributed by atoms with van der Waals surface area (Å²) in [7, 11) is -3.97. The fraction of sp³-hybridized carbons (Fsp3) is 0.481. The van der Waals surface area contributed by atoms with Gasteiger partial charge in [-0.2, -0.15) is 19.4 Å².